The Morgan fingerprint density at radius 2 is 1.45 bits per heavy atom. The first-order valence-electron chi connectivity index (χ1n) is 4.56. The minimum Gasteiger partial charge on any atom is -0.198 e. The lowest BCUT2D eigenvalue weighted by Crippen LogP contribution is -2.16. The quantitative estimate of drug-likeness (QED) is 0.608. The third-order valence-corrected chi connectivity index (χ3v) is 2.66. The van der Waals surface area contributed by atoms with E-state index in [9.17, 15) is 0 Å². The summed E-state index contributed by atoms with van der Waals surface area (Å²) >= 11 is 0. The second-order valence-electron chi connectivity index (χ2n) is 3.43. The maximum absolute atomic E-state index is 8.88. The van der Waals surface area contributed by atoms with Crippen molar-refractivity contribution in [2.24, 2.45) is 17.8 Å². The highest BCUT2D eigenvalue weighted by atomic mass is 14.3. The molecule has 0 rings (SSSR count). The van der Waals surface area contributed by atoms with Gasteiger partial charge in [0.2, 0.25) is 0 Å². The molecule has 0 aromatic rings. The number of hydrogen-bond donors (Lipinski definition) is 0. The van der Waals surface area contributed by atoms with Crippen LogP contribution < -0.4 is 0 Å². The van der Waals surface area contributed by atoms with Gasteiger partial charge in [0, 0.05) is 0 Å². The average molecular weight is 153 g/mol. The predicted molar refractivity (Wildman–Crippen MR) is 48.0 cm³/mol. The molecule has 0 aliphatic heterocycles. The fourth-order valence-electron chi connectivity index (χ4n) is 1.32. The first-order chi connectivity index (χ1) is 5.17. The van der Waals surface area contributed by atoms with Crippen LogP contribution in [0, 0.1) is 29.1 Å². The highest BCUT2D eigenvalue weighted by Crippen LogP contribution is 2.24. The summed E-state index contributed by atoms with van der Waals surface area (Å²) in [6.45, 7) is 8.63. The second-order valence-corrected chi connectivity index (χ2v) is 3.43. The molecule has 0 heterocycles. The Hall–Kier alpha value is -0.510. The average Bonchev–Trinajstić information content (AvgIpc) is 2.05. The van der Waals surface area contributed by atoms with Crippen molar-refractivity contribution < 1.29 is 0 Å². The lowest BCUT2D eigenvalue weighted by molar-refractivity contribution is 0.309. The molecule has 64 valence electrons. The fourth-order valence-corrected chi connectivity index (χ4v) is 1.32. The maximum atomic E-state index is 8.88. The molecule has 0 amide bonds. The van der Waals surface area contributed by atoms with Crippen molar-refractivity contribution in [1.29, 1.82) is 5.26 Å². The molecule has 0 aromatic carbocycles. The third kappa shape index (κ3) is 2.93. The zero-order valence-electron chi connectivity index (χ0n) is 8.09. The number of nitrogens with zero attached hydrogens (tertiary/aromatic N) is 1. The number of hydrogen-bond acceptors (Lipinski definition) is 1. The number of rotatable bonds is 4. The van der Waals surface area contributed by atoms with E-state index in [4.69, 9.17) is 5.26 Å². The van der Waals surface area contributed by atoms with Gasteiger partial charge >= 0.3 is 0 Å². The molecular formula is C10H19N. The molecule has 1 nitrogen and oxygen atoms in total. The first-order valence-corrected chi connectivity index (χ1v) is 4.56. The van der Waals surface area contributed by atoms with Gasteiger partial charge in [0.05, 0.1) is 12.0 Å². The van der Waals surface area contributed by atoms with E-state index in [2.05, 4.69) is 33.8 Å². The molecule has 0 fully saturated rings. The lowest BCUT2D eigenvalue weighted by Gasteiger charge is -2.21. The van der Waals surface area contributed by atoms with E-state index in [1.165, 1.54) is 0 Å². The van der Waals surface area contributed by atoms with E-state index >= 15 is 0 Å². The fraction of sp³-hybridized carbons (Fsp3) is 0.900. The summed E-state index contributed by atoms with van der Waals surface area (Å²) in [5.74, 6) is 1.36. The summed E-state index contributed by atoms with van der Waals surface area (Å²) in [5.41, 5.74) is 0. The van der Waals surface area contributed by atoms with Crippen LogP contribution >= 0.6 is 0 Å². The second kappa shape index (κ2) is 5.18. The third-order valence-electron chi connectivity index (χ3n) is 2.66. The standard InChI is InChI=1S/C10H19N/c1-5-8(3)10(7-11)9(4)6-2/h8-10H,5-6H2,1-4H3. The van der Waals surface area contributed by atoms with Gasteiger partial charge < -0.3 is 0 Å². The van der Waals surface area contributed by atoms with Crippen LogP contribution in [0.2, 0.25) is 0 Å². The van der Waals surface area contributed by atoms with Gasteiger partial charge in [0.15, 0.2) is 0 Å². The molecule has 0 aliphatic carbocycles. The van der Waals surface area contributed by atoms with Gasteiger partial charge in [0.1, 0.15) is 0 Å². The Bertz CT molecular complexity index is 124. The molecule has 2 unspecified atom stereocenters. The van der Waals surface area contributed by atoms with Crippen molar-refractivity contribution in [2.45, 2.75) is 40.5 Å². The maximum Gasteiger partial charge on any atom is 0.0661 e. The Kier molecular flexibility index (Phi) is 4.94. The van der Waals surface area contributed by atoms with Crippen molar-refractivity contribution in [3.05, 3.63) is 0 Å². The predicted octanol–water partition coefficient (Wildman–Crippen LogP) is 3.22. The molecule has 0 bridgehead atoms. The lowest BCUT2D eigenvalue weighted by atomic mass is 9.82. The molecule has 0 radical (unpaired) electrons. The van der Waals surface area contributed by atoms with Crippen LogP contribution in [0.25, 0.3) is 0 Å². The molecule has 0 saturated carbocycles. The van der Waals surface area contributed by atoms with Crippen LogP contribution in [0.3, 0.4) is 0 Å². The van der Waals surface area contributed by atoms with Crippen molar-refractivity contribution in [3.63, 3.8) is 0 Å². The summed E-state index contributed by atoms with van der Waals surface area (Å²) in [4.78, 5) is 0. The summed E-state index contributed by atoms with van der Waals surface area (Å²) in [7, 11) is 0. The summed E-state index contributed by atoms with van der Waals surface area (Å²) in [6.07, 6.45) is 2.23. The molecular weight excluding hydrogens is 134 g/mol. The molecule has 0 spiro atoms. The van der Waals surface area contributed by atoms with E-state index in [0.717, 1.165) is 12.8 Å². The topological polar surface area (TPSA) is 23.8 Å². The molecule has 0 saturated heterocycles. The minimum atomic E-state index is 0.255. The van der Waals surface area contributed by atoms with E-state index in [1.54, 1.807) is 0 Å². The van der Waals surface area contributed by atoms with E-state index in [0.29, 0.717) is 11.8 Å². The first kappa shape index (κ1) is 10.5. The van der Waals surface area contributed by atoms with Crippen LogP contribution in [-0.4, -0.2) is 0 Å². The van der Waals surface area contributed by atoms with Crippen molar-refractivity contribution in [1.82, 2.24) is 0 Å². The minimum absolute atomic E-state index is 0.255. The van der Waals surface area contributed by atoms with Gasteiger partial charge in [-0.05, 0) is 11.8 Å². The van der Waals surface area contributed by atoms with E-state index in [1.807, 2.05) is 0 Å². The summed E-state index contributed by atoms with van der Waals surface area (Å²) < 4.78 is 0. The largest absolute Gasteiger partial charge is 0.198 e. The molecule has 0 aliphatic rings. The van der Waals surface area contributed by atoms with Crippen molar-refractivity contribution in [3.8, 4) is 6.07 Å². The molecule has 0 N–H and O–H groups in total. The zero-order valence-corrected chi connectivity index (χ0v) is 8.09. The molecule has 2 atom stereocenters. The van der Waals surface area contributed by atoms with Gasteiger partial charge in [-0.3, -0.25) is 0 Å². The van der Waals surface area contributed by atoms with Gasteiger partial charge in [-0.2, -0.15) is 5.26 Å². The van der Waals surface area contributed by atoms with Crippen LogP contribution in [0.1, 0.15) is 40.5 Å². The van der Waals surface area contributed by atoms with Gasteiger partial charge in [0.25, 0.3) is 0 Å². The normalized spacial score (nSPS) is 18.5. The van der Waals surface area contributed by atoms with Crippen LogP contribution in [0.5, 0.6) is 0 Å². The van der Waals surface area contributed by atoms with Crippen LogP contribution in [0.15, 0.2) is 0 Å². The van der Waals surface area contributed by atoms with E-state index in [-0.39, 0.29) is 5.92 Å². The zero-order chi connectivity index (χ0) is 8.85. The Labute approximate surface area is 70.4 Å². The van der Waals surface area contributed by atoms with Crippen molar-refractivity contribution in [2.75, 3.05) is 0 Å². The Morgan fingerprint density at radius 3 is 1.64 bits per heavy atom. The molecule has 1 heteroatoms. The molecule has 0 aromatic heterocycles. The van der Waals surface area contributed by atoms with Crippen LogP contribution in [0.4, 0.5) is 0 Å². The Balaban J connectivity index is 4.06. The molecule has 11 heavy (non-hydrogen) atoms. The van der Waals surface area contributed by atoms with Gasteiger partial charge in [-0.25, -0.2) is 0 Å². The summed E-state index contributed by atoms with van der Waals surface area (Å²) in [5, 5.41) is 8.88. The monoisotopic (exact) mass is 153 g/mol. The van der Waals surface area contributed by atoms with Crippen LogP contribution in [-0.2, 0) is 0 Å². The smallest absolute Gasteiger partial charge is 0.0661 e. The summed E-state index contributed by atoms with van der Waals surface area (Å²) in [6, 6.07) is 2.40. The van der Waals surface area contributed by atoms with Gasteiger partial charge in [-0.1, -0.05) is 40.5 Å². The highest BCUT2D eigenvalue weighted by molar-refractivity contribution is 4.88. The Morgan fingerprint density at radius 1 is 1.09 bits per heavy atom. The van der Waals surface area contributed by atoms with Gasteiger partial charge in [-0.15, -0.1) is 0 Å². The number of nitriles is 1. The SMILES string of the molecule is CCC(C)C(C#N)C(C)CC. The van der Waals surface area contributed by atoms with E-state index < -0.39 is 0 Å². The highest BCUT2D eigenvalue weighted by Gasteiger charge is 2.20. The van der Waals surface area contributed by atoms with Crippen molar-refractivity contribution >= 4 is 0 Å².